The minimum Gasteiger partial charge on any atom is -0.491 e. The zero-order chi connectivity index (χ0) is 21.7. The lowest BCUT2D eigenvalue weighted by Crippen LogP contribution is -2.41. The quantitative estimate of drug-likeness (QED) is 0.506. The second-order valence-corrected chi connectivity index (χ2v) is 9.29. The van der Waals surface area contributed by atoms with E-state index < -0.39 is 22.5 Å². The predicted octanol–water partition coefficient (Wildman–Crippen LogP) is 4.11. The van der Waals surface area contributed by atoms with E-state index >= 15 is 0 Å². The number of carbonyl (C=O) groups is 1. The number of amides is 1. The van der Waals surface area contributed by atoms with Crippen molar-refractivity contribution in [3.8, 4) is 5.75 Å². The number of ether oxygens (including phenoxy) is 1. The van der Waals surface area contributed by atoms with Crippen molar-refractivity contribution in [2.75, 3.05) is 30.3 Å². The first-order valence-corrected chi connectivity index (χ1v) is 11.7. The summed E-state index contributed by atoms with van der Waals surface area (Å²) >= 11 is 12.0. The SMILES string of the molecule is CS(=O)(=O)N(CC(=O)NCCOc1cccc2ccccc12)c1ccc(Cl)cc1Cl. The van der Waals surface area contributed by atoms with Crippen LogP contribution in [-0.2, 0) is 14.8 Å². The molecule has 9 heteroatoms. The number of nitrogens with one attached hydrogen (secondary N) is 1. The van der Waals surface area contributed by atoms with Gasteiger partial charge in [0.15, 0.2) is 0 Å². The molecule has 0 fully saturated rings. The van der Waals surface area contributed by atoms with Gasteiger partial charge >= 0.3 is 0 Å². The number of fused-ring (bicyclic) bond motifs is 1. The summed E-state index contributed by atoms with van der Waals surface area (Å²) in [6.45, 7) is 0.0444. The Bertz CT molecular complexity index is 1160. The Kier molecular flexibility index (Phi) is 7.07. The second-order valence-electron chi connectivity index (χ2n) is 6.54. The lowest BCUT2D eigenvalue weighted by molar-refractivity contribution is -0.119. The third-order valence-corrected chi connectivity index (χ3v) is 5.96. The molecule has 0 spiro atoms. The molecular formula is C21H20Cl2N2O4S. The molecule has 158 valence electrons. The Balaban J connectivity index is 1.59. The van der Waals surface area contributed by atoms with Crippen molar-refractivity contribution in [3.63, 3.8) is 0 Å². The summed E-state index contributed by atoms with van der Waals surface area (Å²) in [7, 11) is -3.73. The number of anilines is 1. The Morgan fingerprint density at radius 1 is 1.07 bits per heavy atom. The molecule has 30 heavy (non-hydrogen) atoms. The van der Waals surface area contributed by atoms with Crippen LogP contribution in [0, 0.1) is 0 Å². The molecule has 3 aromatic rings. The lowest BCUT2D eigenvalue weighted by Gasteiger charge is -2.23. The van der Waals surface area contributed by atoms with Gasteiger partial charge in [-0.2, -0.15) is 0 Å². The van der Waals surface area contributed by atoms with Crippen LogP contribution in [0.5, 0.6) is 5.75 Å². The minimum atomic E-state index is -3.73. The maximum atomic E-state index is 12.3. The molecule has 0 heterocycles. The van der Waals surface area contributed by atoms with Gasteiger partial charge in [-0.05, 0) is 29.7 Å². The zero-order valence-electron chi connectivity index (χ0n) is 16.1. The van der Waals surface area contributed by atoms with Crippen LogP contribution >= 0.6 is 23.2 Å². The van der Waals surface area contributed by atoms with Crippen LogP contribution in [0.2, 0.25) is 10.0 Å². The van der Waals surface area contributed by atoms with Gasteiger partial charge < -0.3 is 10.1 Å². The van der Waals surface area contributed by atoms with E-state index in [9.17, 15) is 13.2 Å². The van der Waals surface area contributed by atoms with Crippen LogP contribution in [-0.4, -0.2) is 40.3 Å². The highest BCUT2D eigenvalue weighted by Crippen LogP contribution is 2.30. The van der Waals surface area contributed by atoms with Gasteiger partial charge in [-0.25, -0.2) is 8.42 Å². The number of nitrogens with zero attached hydrogens (tertiary/aromatic N) is 1. The average Bonchev–Trinajstić information content (AvgIpc) is 2.69. The molecule has 3 rings (SSSR count). The number of halogens is 2. The summed E-state index contributed by atoms with van der Waals surface area (Å²) < 4.78 is 31.1. The molecule has 0 atom stereocenters. The lowest BCUT2D eigenvalue weighted by atomic mass is 10.1. The minimum absolute atomic E-state index is 0.139. The van der Waals surface area contributed by atoms with Gasteiger partial charge in [-0.15, -0.1) is 0 Å². The van der Waals surface area contributed by atoms with Crippen molar-refractivity contribution in [1.29, 1.82) is 0 Å². The highest BCUT2D eigenvalue weighted by atomic mass is 35.5. The van der Waals surface area contributed by atoms with Gasteiger partial charge in [-0.1, -0.05) is 59.6 Å². The van der Waals surface area contributed by atoms with Crippen LogP contribution in [0.3, 0.4) is 0 Å². The Morgan fingerprint density at radius 3 is 2.53 bits per heavy atom. The summed E-state index contributed by atoms with van der Waals surface area (Å²) in [5, 5.41) is 5.21. The molecule has 0 aliphatic heterocycles. The standard InChI is InChI=1S/C21H20Cl2N2O4S/c1-30(27,28)25(19-10-9-16(22)13-18(19)23)14-21(26)24-11-12-29-20-8-4-6-15-5-2-3-7-17(15)20/h2-10,13H,11-12,14H2,1H3,(H,24,26). The molecule has 0 saturated heterocycles. The Morgan fingerprint density at radius 2 is 1.80 bits per heavy atom. The Labute approximate surface area is 185 Å². The summed E-state index contributed by atoms with van der Waals surface area (Å²) in [5.41, 5.74) is 0.186. The molecule has 6 nitrogen and oxygen atoms in total. The topological polar surface area (TPSA) is 75.7 Å². The molecule has 1 amide bonds. The highest BCUT2D eigenvalue weighted by Gasteiger charge is 2.23. The van der Waals surface area contributed by atoms with Crippen molar-refractivity contribution < 1.29 is 17.9 Å². The van der Waals surface area contributed by atoms with Crippen molar-refractivity contribution in [2.45, 2.75) is 0 Å². The van der Waals surface area contributed by atoms with Crippen LogP contribution < -0.4 is 14.4 Å². The van der Waals surface area contributed by atoms with Gasteiger partial charge in [-0.3, -0.25) is 9.10 Å². The van der Waals surface area contributed by atoms with Crippen molar-refractivity contribution in [2.24, 2.45) is 0 Å². The predicted molar refractivity (Wildman–Crippen MR) is 121 cm³/mol. The maximum absolute atomic E-state index is 12.3. The summed E-state index contributed by atoms with van der Waals surface area (Å²) in [6.07, 6.45) is 1.01. The van der Waals surface area contributed by atoms with Crippen LogP contribution in [0.15, 0.2) is 60.7 Å². The van der Waals surface area contributed by atoms with E-state index in [1.807, 2.05) is 42.5 Å². The molecule has 1 N–H and O–H groups in total. The van der Waals surface area contributed by atoms with Crippen molar-refractivity contribution in [1.82, 2.24) is 5.32 Å². The van der Waals surface area contributed by atoms with Crippen LogP contribution in [0.1, 0.15) is 0 Å². The third-order valence-electron chi connectivity index (χ3n) is 4.30. The first-order chi connectivity index (χ1) is 14.3. The van der Waals surface area contributed by atoms with E-state index in [1.165, 1.54) is 18.2 Å². The smallest absolute Gasteiger partial charge is 0.240 e. The first-order valence-electron chi connectivity index (χ1n) is 9.06. The fraction of sp³-hybridized carbons (Fsp3) is 0.190. The highest BCUT2D eigenvalue weighted by molar-refractivity contribution is 7.92. The number of hydrogen-bond acceptors (Lipinski definition) is 4. The van der Waals surface area contributed by atoms with E-state index in [1.54, 1.807) is 0 Å². The summed E-state index contributed by atoms with van der Waals surface area (Å²) in [5.74, 6) is 0.237. The summed E-state index contributed by atoms with van der Waals surface area (Å²) in [4.78, 5) is 12.3. The molecule has 0 saturated carbocycles. The number of hydrogen-bond donors (Lipinski definition) is 1. The number of sulfonamides is 1. The van der Waals surface area contributed by atoms with E-state index in [2.05, 4.69) is 5.32 Å². The monoisotopic (exact) mass is 466 g/mol. The van der Waals surface area contributed by atoms with Gasteiger partial charge in [0, 0.05) is 10.4 Å². The molecular weight excluding hydrogens is 447 g/mol. The van der Waals surface area contributed by atoms with Gasteiger partial charge in [0.1, 0.15) is 18.9 Å². The Hall–Kier alpha value is -2.48. The molecule has 0 radical (unpaired) electrons. The van der Waals surface area contributed by atoms with E-state index in [0.717, 1.165) is 21.3 Å². The number of benzene rings is 3. The van der Waals surface area contributed by atoms with Gasteiger partial charge in [0.05, 0.1) is 23.5 Å². The number of carbonyl (C=O) groups excluding carboxylic acids is 1. The fourth-order valence-electron chi connectivity index (χ4n) is 2.92. The average molecular weight is 467 g/mol. The third kappa shape index (κ3) is 5.56. The summed E-state index contributed by atoms with van der Waals surface area (Å²) in [6, 6.07) is 18.0. The molecule has 0 aliphatic rings. The van der Waals surface area contributed by atoms with Crippen LogP contribution in [0.4, 0.5) is 5.69 Å². The largest absolute Gasteiger partial charge is 0.491 e. The van der Waals surface area contributed by atoms with E-state index in [-0.39, 0.29) is 23.9 Å². The van der Waals surface area contributed by atoms with E-state index in [4.69, 9.17) is 27.9 Å². The second kappa shape index (κ2) is 9.55. The molecule has 0 aliphatic carbocycles. The number of rotatable bonds is 8. The molecule has 3 aromatic carbocycles. The first kappa shape index (κ1) is 22.2. The van der Waals surface area contributed by atoms with Gasteiger partial charge in [0.2, 0.25) is 15.9 Å². The van der Waals surface area contributed by atoms with Crippen molar-refractivity contribution in [3.05, 3.63) is 70.7 Å². The maximum Gasteiger partial charge on any atom is 0.240 e. The normalized spacial score (nSPS) is 11.3. The molecule has 0 bridgehead atoms. The van der Waals surface area contributed by atoms with Crippen molar-refractivity contribution >= 4 is 55.6 Å². The molecule has 0 aromatic heterocycles. The fourth-order valence-corrected chi connectivity index (χ4v) is 4.35. The van der Waals surface area contributed by atoms with E-state index in [0.29, 0.717) is 10.8 Å². The van der Waals surface area contributed by atoms with Gasteiger partial charge in [0.25, 0.3) is 0 Å². The molecule has 0 unspecified atom stereocenters. The van der Waals surface area contributed by atoms with Crippen LogP contribution in [0.25, 0.3) is 10.8 Å². The zero-order valence-corrected chi connectivity index (χ0v) is 18.5.